The van der Waals surface area contributed by atoms with Gasteiger partial charge < -0.3 is 16.0 Å². The number of hydrogen-bond acceptors (Lipinski definition) is 5. The Morgan fingerprint density at radius 2 is 2.08 bits per heavy atom. The zero-order valence-electron chi connectivity index (χ0n) is 13.1. The number of benzene rings is 1. The van der Waals surface area contributed by atoms with Gasteiger partial charge in [0, 0.05) is 26.2 Å². The molecule has 0 spiro atoms. The Bertz CT molecular complexity index is 682. The van der Waals surface area contributed by atoms with Crippen LogP contribution in [0.3, 0.4) is 0 Å². The van der Waals surface area contributed by atoms with Crippen LogP contribution in [0.4, 0.5) is 14.5 Å². The molecule has 1 heterocycles. The van der Waals surface area contributed by atoms with E-state index in [2.05, 4.69) is 5.32 Å². The molecule has 1 fully saturated rings. The maximum Gasteiger partial charge on any atom is 0.341 e. The quantitative estimate of drug-likeness (QED) is 0.788. The average molecular weight is 361 g/mol. The molecule has 3 N–H and O–H groups in total. The van der Waals surface area contributed by atoms with Crippen molar-refractivity contribution in [2.45, 2.75) is 23.5 Å². The molecule has 1 unspecified atom stereocenters. The number of piperidine rings is 1. The third kappa shape index (κ3) is 4.02. The molecule has 0 aromatic heterocycles. The van der Waals surface area contributed by atoms with Crippen LogP contribution >= 0.6 is 0 Å². The minimum absolute atomic E-state index is 0.153. The zero-order chi connectivity index (χ0) is 17.7. The standard InChI is InChI=1S/C15H21F2N3O3S/c16-15(17)24(22,23)13-6-2-1-5-12(13)20-9-3-4-11(10-20)14(21)19-8-7-18/h1-2,5-6,11,15H,3-4,7-10,18H2,(H,19,21). The van der Waals surface area contributed by atoms with Gasteiger partial charge in [-0.1, -0.05) is 12.1 Å². The maximum atomic E-state index is 12.9. The fourth-order valence-electron chi connectivity index (χ4n) is 2.80. The molecule has 0 bridgehead atoms. The first kappa shape index (κ1) is 18.6. The number of hydrogen-bond donors (Lipinski definition) is 2. The van der Waals surface area contributed by atoms with Crippen LogP contribution in [0.1, 0.15) is 12.8 Å². The molecule has 134 valence electrons. The number of anilines is 1. The summed E-state index contributed by atoms with van der Waals surface area (Å²) in [6.07, 6.45) is 1.33. The van der Waals surface area contributed by atoms with E-state index < -0.39 is 20.5 Å². The second-order valence-corrected chi connectivity index (χ2v) is 7.52. The molecule has 24 heavy (non-hydrogen) atoms. The minimum atomic E-state index is -4.70. The number of alkyl halides is 2. The molecule has 1 aliphatic heterocycles. The number of nitrogens with two attached hydrogens (primary N) is 1. The summed E-state index contributed by atoms with van der Waals surface area (Å²) < 4.78 is 49.6. The largest absolute Gasteiger partial charge is 0.370 e. The Balaban J connectivity index is 2.24. The second-order valence-electron chi connectivity index (χ2n) is 5.64. The lowest BCUT2D eigenvalue weighted by Crippen LogP contribution is -2.44. The third-order valence-electron chi connectivity index (χ3n) is 3.98. The number of amides is 1. The molecule has 2 rings (SSSR count). The summed E-state index contributed by atoms with van der Waals surface area (Å²) in [5.74, 6) is -3.96. The van der Waals surface area contributed by atoms with Crippen LogP contribution in [-0.2, 0) is 14.6 Å². The first-order valence-electron chi connectivity index (χ1n) is 7.71. The van der Waals surface area contributed by atoms with Crippen LogP contribution in [0.5, 0.6) is 0 Å². The summed E-state index contributed by atoms with van der Waals surface area (Å²) in [4.78, 5) is 13.4. The monoisotopic (exact) mass is 361 g/mol. The SMILES string of the molecule is NCCNC(=O)C1CCCN(c2ccccc2S(=O)(=O)C(F)F)C1. The molecular formula is C15H21F2N3O3S. The van der Waals surface area contributed by atoms with Gasteiger partial charge in [-0.3, -0.25) is 4.79 Å². The highest BCUT2D eigenvalue weighted by atomic mass is 32.2. The number of sulfone groups is 1. The van der Waals surface area contributed by atoms with Gasteiger partial charge in [-0.05, 0) is 25.0 Å². The topological polar surface area (TPSA) is 92.5 Å². The molecule has 9 heteroatoms. The smallest absolute Gasteiger partial charge is 0.341 e. The Hall–Kier alpha value is -1.74. The van der Waals surface area contributed by atoms with Crippen molar-refractivity contribution in [3.8, 4) is 0 Å². The van der Waals surface area contributed by atoms with Gasteiger partial charge in [0.25, 0.3) is 0 Å². The lowest BCUT2D eigenvalue weighted by molar-refractivity contribution is -0.125. The van der Waals surface area contributed by atoms with E-state index in [4.69, 9.17) is 5.73 Å². The number of carbonyl (C=O) groups is 1. The summed E-state index contributed by atoms with van der Waals surface area (Å²) in [6.45, 7) is 1.49. The van der Waals surface area contributed by atoms with Crippen LogP contribution in [0.2, 0.25) is 0 Å². The first-order chi connectivity index (χ1) is 11.4. The predicted molar refractivity (Wildman–Crippen MR) is 86.6 cm³/mol. The van der Waals surface area contributed by atoms with Gasteiger partial charge in [0.15, 0.2) is 0 Å². The van der Waals surface area contributed by atoms with Gasteiger partial charge in [-0.2, -0.15) is 8.78 Å². The van der Waals surface area contributed by atoms with E-state index in [9.17, 15) is 22.0 Å². The zero-order valence-corrected chi connectivity index (χ0v) is 13.9. The predicted octanol–water partition coefficient (Wildman–Crippen LogP) is 0.974. The lowest BCUT2D eigenvalue weighted by Gasteiger charge is -2.34. The van der Waals surface area contributed by atoms with Gasteiger partial charge >= 0.3 is 5.76 Å². The highest BCUT2D eigenvalue weighted by Crippen LogP contribution is 2.32. The van der Waals surface area contributed by atoms with Gasteiger partial charge in [0.05, 0.1) is 16.5 Å². The van der Waals surface area contributed by atoms with Gasteiger partial charge in [0.2, 0.25) is 15.7 Å². The highest BCUT2D eigenvalue weighted by Gasteiger charge is 2.33. The van der Waals surface area contributed by atoms with E-state index in [1.165, 1.54) is 18.2 Å². The molecule has 0 saturated carbocycles. The van der Waals surface area contributed by atoms with Crippen molar-refractivity contribution in [1.29, 1.82) is 0 Å². The lowest BCUT2D eigenvalue weighted by atomic mass is 9.96. The van der Waals surface area contributed by atoms with Crippen LogP contribution in [0.25, 0.3) is 0 Å². The summed E-state index contributed by atoms with van der Waals surface area (Å²) in [6, 6.07) is 5.68. The Morgan fingerprint density at radius 3 is 2.75 bits per heavy atom. The molecule has 1 amide bonds. The highest BCUT2D eigenvalue weighted by molar-refractivity contribution is 7.91. The van der Waals surface area contributed by atoms with E-state index in [1.54, 1.807) is 11.0 Å². The number of nitrogens with one attached hydrogen (secondary N) is 1. The van der Waals surface area contributed by atoms with Crippen molar-refractivity contribution < 1.29 is 22.0 Å². The van der Waals surface area contributed by atoms with Crippen LogP contribution in [-0.4, -0.2) is 46.3 Å². The number of carbonyl (C=O) groups excluding carboxylic acids is 1. The molecule has 1 aromatic carbocycles. The fraction of sp³-hybridized carbons (Fsp3) is 0.533. The molecule has 1 atom stereocenters. The van der Waals surface area contributed by atoms with E-state index >= 15 is 0 Å². The van der Waals surface area contributed by atoms with E-state index in [0.29, 0.717) is 32.5 Å². The first-order valence-corrected chi connectivity index (χ1v) is 9.26. The Labute approximate surface area is 139 Å². The van der Waals surface area contributed by atoms with Crippen molar-refractivity contribution in [3.05, 3.63) is 24.3 Å². The van der Waals surface area contributed by atoms with E-state index in [0.717, 1.165) is 0 Å². The van der Waals surface area contributed by atoms with Gasteiger partial charge in [-0.15, -0.1) is 0 Å². The Morgan fingerprint density at radius 1 is 1.38 bits per heavy atom. The molecule has 0 radical (unpaired) electrons. The summed E-state index contributed by atoms with van der Waals surface area (Å²) in [5, 5.41) is 2.71. The molecular weight excluding hydrogens is 340 g/mol. The minimum Gasteiger partial charge on any atom is -0.370 e. The molecule has 0 aliphatic carbocycles. The summed E-state index contributed by atoms with van der Waals surface area (Å²) >= 11 is 0. The van der Waals surface area contributed by atoms with Crippen molar-refractivity contribution in [3.63, 3.8) is 0 Å². The molecule has 1 aromatic rings. The van der Waals surface area contributed by atoms with Crippen molar-refractivity contribution in [2.24, 2.45) is 11.7 Å². The molecule has 1 saturated heterocycles. The molecule has 1 aliphatic rings. The van der Waals surface area contributed by atoms with Crippen LogP contribution < -0.4 is 16.0 Å². The van der Waals surface area contributed by atoms with E-state index in [-0.39, 0.29) is 24.1 Å². The Kier molecular flexibility index (Phi) is 6.11. The third-order valence-corrected chi connectivity index (χ3v) is 5.41. The van der Waals surface area contributed by atoms with Crippen LogP contribution in [0.15, 0.2) is 29.2 Å². The number of nitrogens with zero attached hydrogens (tertiary/aromatic N) is 1. The van der Waals surface area contributed by atoms with Crippen molar-refractivity contribution >= 4 is 21.4 Å². The summed E-state index contributed by atoms with van der Waals surface area (Å²) in [7, 11) is -4.70. The average Bonchev–Trinajstić information content (AvgIpc) is 2.59. The van der Waals surface area contributed by atoms with E-state index in [1.807, 2.05) is 0 Å². The number of rotatable bonds is 6. The van der Waals surface area contributed by atoms with Crippen molar-refractivity contribution in [1.82, 2.24) is 5.32 Å². The normalized spacial score (nSPS) is 18.7. The maximum absolute atomic E-state index is 12.9. The molecule has 6 nitrogen and oxygen atoms in total. The second kappa shape index (κ2) is 7.89. The van der Waals surface area contributed by atoms with Gasteiger partial charge in [0.1, 0.15) is 0 Å². The van der Waals surface area contributed by atoms with Gasteiger partial charge in [-0.25, -0.2) is 8.42 Å². The van der Waals surface area contributed by atoms with Crippen molar-refractivity contribution in [2.75, 3.05) is 31.1 Å². The fourth-order valence-corrected chi connectivity index (χ4v) is 3.75. The number of halogens is 2. The van der Waals surface area contributed by atoms with Crippen LogP contribution in [0, 0.1) is 5.92 Å². The summed E-state index contributed by atoms with van der Waals surface area (Å²) in [5.41, 5.74) is 5.57. The number of para-hydroxylation sites is 1.